The molecule has 0 spiro atoms. The zero-order valence-corrected chi connectivity index (χ0v) is 23.6. The minimum absolute atomic E-state index is 0.0419. The van der Waals surface area contributed by atoms with Crippen LogP contribution in [0.5, 0.6) is 0 Å². The molecule has 4 atom stereocenters. The Morgan fingerprint density at radius 3 is 2.46 bits per heavy atom. The first-order chi connectivity index (χ1) is 18.3. The van der Waals surface area contributed by atoms with Crippen molar-refractivity contribution in [2.45, 2.75) is 81.0 Å². The predicted molar refractivity (Wildman–Crippen MR) is 141 cm³/mol. The van der Waals surface area contributed by atoms with Gasteiger partial charge in [0, 0.05) is 44.4 Å². The fourth-order valence-electron chi connectivity index (χ4n) is 5.63. The number of aliphatic hydroxyl groups excluding tert-OH is 1. The van der Waals surface area contributed by atoms with Crippen LogP contribution in [0.3, 0.4) is 0 Å². The smallest absolute Gasteiger partial charge is 0.248 e. The van der Waals surface area contributed by atoms with Crippen LogP contribution in [0.4, 0.5) is 0 Å². The number of carbonyl (C=O) groups is 2. The van der Waals surface area contributed by atoms with Crippen molar-refractivity contribution in [2.75, 3.05) is 26.0 Å². The molecule has 3 heterocycles. The molecule has 5 rings (SSSR count). The molecule has 1 aromatic carbocycles. The van der Waals surface area contributed by atoms with Gasteiger partial charge < -0.3 is 20.1 Å². The molecule has 2 N–H and O–H groups in total. The van der Waals surface area contributed by atoms with Crippen LogP contribution in [-0.2, 0) is 29.7 Å². The molecule has 0 bridgehead atoms. The topological polar surface area (TPSA) is 144 Å². The fourth-order valence-corrected chi connectivity index (χ4v) is 6.26. The largest absolute Gasteiger partial charge is 0.391 e. The molecule has 1 unspecified atom stereocenters. The van der Waals surface area contributed by atoms with E-state index in [1.807, 2.05) is 27.0 Å². The van der Waals surface area contributed by atoms with Crippen molar-refractivity contribution in [2.24, 2.45) is 5.41 Å². The predicted octanol–water partition coefficient (Wildman–Crippen LogP) is 1.54. The first kappa shape index (κ1) is 27.7. The second-order valence-electron chi connectivity index (χ2n) is 12.2. The Kier molecular flexibility index (Phi) is 7.09. The summed E-state index contributed by atoms with van der Waals surface area (Å²) in [7, 11) is -3.37. The Hall–Kier alpha value is -2.83. The molecule has 3 fully saturated rings. The second kappa shape index (κ2) is 9.97. The van der Waals surface area contributed by atoms with E-state index in [2.05, 4.69) is 15.6 Å². The highest BCUT2D eigenvalue weighted by atomic mass is 32.2. The molecule has 2 aliphatic heterocycles. The quantitative estimate of drug-likeness (QED) is 0.520. The maximum absolute atomic E-state index is 14.0. The van der Waals surface area contributed by atoms with Gasteiger partial charge in [-0.3, -0.25) is 9.59 Å². The minimum Gasteiger partial charge on any atom is -0.391 e. The lowest BCUT2D eigenvalue weighted by Gasteiger charge is -2.36. The van der Waals surface area contributed by atoms with E-state index in [4.69, 9.17) is 4.74 Å². The molecule has 0 radical (unpaired) electrons. The number of sulfone groups is 1. The van der Waals surface area contributed by atoms with Gasteiger partial charge in [0.25, 0.3) is 0 Å². The van der Waals surface area contributed by atoms with Gasteiger partial charge in [0.15, 0.2) is 9.84 Å². The Balaban J connectivity index is 1.40. The van der Waals surface area contributed by atoms with Crippen molar-refractivity contribution >= 4 is 21.7 Å². The number of nitrogens with zero attached hydrogens (tertiary/aromatic N) is 4. The Morgan fingerprint density at radius 2 is 1.90 bits per heavy atom. The SMILES string of the molecule is CC(C)(C)[C@@H](C(=O)N1C[C@H](O)C[C@H]1C(=O)NC1(c2ccc(S(C)(=O)=O)cc2)CCOC1)n1cc(C2CC2)nn1. The lowest BCUT2D eigenvalue weighted by Crippen LogP contribution is -2.55. The van der Waals surface area contributed by atoms with Gasteiger partial charge in [-0.05, 0) is 36.0 Å². The number of ether oxygens (including phenoxy) is 1. The van der Waals surface area contributed by atoms with Gasteiger partial charge in [-0.1, -0.05) is 38.1 Å². The summed E-state index contributed by atoms with van der Waals surface area (Å²) in [5.41, 5.74) is 0.198. The third kappa shape index (κ3) is 5.59. The summed E-state index contributed by atoms with van der Waals surface area (Å²) in [6, 6.07) is 4.84. The first-order valence-corrected chi connectivity index (χ1v) is 15.3. The minimum atomic E-state index is -3.37. The van der Waals surface area contributed by atoms with Crippen LogP contribution < -0.4 is 5.32 Å². The van der Waals surface area contributed by atoms with E-state index < -0.39 is 39.0 Å². The number of benzene rings is 1. The van der Waals surface area contributed by atoms with Gasteiger partial charge in [-0.2, -0.15) is 0 Å². The average molecular weight is 560 g/mol. The van der Waals surface area contributed by atoms with Crippen LogP contribution >= 0.6 is 0 Å². The van der Waals surface area contributed by atoms with Crippen molar-refractivity contribution in [3.05, 3.63) is 41.7 Å². The number of hydrogen-bond acceptors (Lipinski definition) is 8. The van der Waals surface area contributed by atoms with Crippen LogP contribution in [0, 0.1) is 5.41 Å². The molecule has 2 amide bonds. The third-order valence-electron chi connectivity index (χ3n) is 7.93. The van der Waals surface area contributed by atoms with Crippen LogP contribution in [-0.4, -0.2) is 83.4 Å². The summed E-state index contributed by atoms with van der Waals surface area (Å²) in [4.78, 5) is 29.5. The lowest BCUT2D eigenvalue weighted by molar-refractivity contribution is -0.144. The van der Waals surface area contributed by atoms with Gasteiger partial charge in [0.2, 0.25) is 11.8 Å². The monoisotopic (exact) mass is 559 g/mol. The van der Waals surface area contributed by atoms with E-state index >= 15 is 0 Å². The van der Waals surface area contributed by atoms with Crippen LogP contribution in [0.15, 0.2) is 35.4 Å². The van der Waals surface area contributed by atoms with Crippen LogP contribution in [0.2, 0.25) is 0 Å². The number of amides is 2. The number of nitrogens with one attached hydrogen (secondary N) is 1. The highest BCUT2D eigenvalue weighted by Crippen LogP contribution is 2.40. The maximum Gasteiger partial charge on any atom is 0.248 e. The highest BCUT2D eigenvalue weighted by Gasteiger charge is 2.48. The Morgan fingerprint density at radius 1 is 1.21 bits per heavy atom. The zero-order valence-electron chi connectivity index (χ0n) is 22.8. The molecule has 11 nitrogen and oxygen atoms in total. The highest BCUT2D eigenvalue weighted by molar-refractivity contribution is 7.90. The third-order valence-corrected chi connectivity index (χ3v) is 9.05. The fraction of sp³-hybridized carbons (Fsp3) is 0.630. The molecule has 2 saturated heterocycles. The van der Waals surface area contributed by atoms with E-state index in [-0.39, 0.29) is 36.3 Å². The van der Waals surface area contributed by atoms with E-state index in [1.165, 1.54) is 17.0 Å². The number of β-amino-alcohol motifs (C(OH)–C–C–N with tert-alkyl or cyclic N) is 1. The maximum atomic E-state index is 14.0. The van der Waals surface area contributed by atoms with Crippen molar-refractivity contribution in [3.63, 3.8) is 0 Å². The summed E-state index contributed by atoms with van der Waals surface area (Å²) < 4.78 is 31.1. The molecule has 2 aromatic rings. The molecular weight excluding hydrogens is 522 g/mol. The standard InChI is InChI=1S/C27H37N5O6S/c1-26(2,3)23(32-15-21(29-30-32)17-5-6-17)25(35)31-14-19(33)13-22(31)24(34)28-27(11-12-38-16-27)18-7-9-20(10-8-18)39(4,36)37/h7-10,15,17,19,22-23,33H,5-6,11-14,16H2,1-4H3,(H,28,34)/t19-,22+,23-,27?/m1/s1. The van der Waals surface area contributed by atoms with Crippen molar-refractivity contribution in [3.8, 4) is 0 Å². The summed E-state index contributed by atoms with van der Waals surface area (Å²) in [5.74, 6) is -0.291. The van der Waals surface area contributed by atoms with Crippen molar-refractivity contribution in [1.82, 2.24) is 25.2 Å². The summed E-state index contributed by atoms with van der Waals surface area (Å²) in [6.45, 7) is 6.52. The van der Waals surface area contributed by atoms with Crippen LogP contribution in [0.25, 0.3) is 0 Å². The van der Waals surface area contributed by atoms with Gasteiger partial charge in [-0.25, -0.2) is 13.1 Å². The molecule has 1 saturated carbocycles. The van der Waals surface area contributed by atoms with E-state index in [0.29, 0.717) is 18.9 Å². The van der Waals surface area contributed by atoms with Gasteiger partial charge in [0.05, 0.1) is 28.8 Å². The molecule has 39 heavy (non-hydrogen) atoms. The Labute approximate surface area is 228 Å². The normalized spacial score (nSPS) is 26.5. The van der Waals surface area contributed by atoms with E-state index in [0.717, 1.165) is 30.4 Å². The van der Waals surface area contributed by atoms with Gasteiger partial charge in [-0.15, -0.1) is 5.10 Å². The summed E-state index contributed by atoms with van der Waals surface area (Å²) in [5, 5.41) is 22.2. The van der Waals surface area contributed by atoms with Crippen molar-refractivity contribution < 1.29 is 27.9 Å². The van der Waals surface area contributed by atoms with Crippen LogP contribution in [0.1, 0.15) is 69.7 Å². The lowest BCUT2D eigenvalue weighted by atomic mass is 9.85. The molecule has 12 heteroatoms. The number of aliphatic hydroxyl groups is 1. The molecular formula is C27H37N5O6S. The molecule has 1 aliphatic carbocycles. The number of likely N-dealkylation sites (tertiary alicyclic amines) is 1. The van der Waals surface area contributed by atoms with E-state index in [9.17, 15) is 23.1 Å². The zero-order chi connectivity index (χ0) is 28.2. The number of carbonyl (C=O) groups excluding carboxylic acids is 2. The second-order valence-corrected chi connectivity index (χ2v) is 14.2. The molecule has 1 aromatic heterocycles. The average Bonchev–Trinajstić information content (AvgIpc) is 3.23. The number of aromatic nitrogens is 3. The number of hydrogen-bond donors (Lipinski definition) is 2. The number of rotatable bonds is 7. The van der Waals surface area contributed by atoms with E-state index in [1.54, 1.807) is 16.8 Å². The molecule has 212 valence electrons. The van der Waals surface area contributed by atoms with Crippen molar-refractivity contribution in [1.29, 1.82) is 0 Å². The van der Waals surface area contributed by atoms with Gasteiger partial charge in [0.1, 0.15) is 12.1 Å². The first-order valence-electron chi connectivity index (χ1n) is 13.4. The summed E-state index contributed by atoms with van der Waals surface area (Å²) in [6.07, 6.45) is 4.88. The van der Waals surface area contributed by atoms with Gasteiger partial charge >= 0.3 is 0 Å². The molecule has 3 aliphatic rings. The summed E-state index contributed by atoms with van der Waals surface area (Å²) >= 11 is 0. The Bertz CT molecular complexity index is 1340.